The molecule has 0 N–H and O–H groups in total. The maximum atomic E-state index is 9.27. The average Bonchev–Trinajstić information content (AvgIpc) is 2.69. The lowest BCUT2D eigenvalue weighted by molar-refractivity contribution is 0.311. The Kier molecular flexibility index (Phi) is 0.960. The molecular formula is C13H8N2. The maximum Gasteiger partial charge on any atom is 0.0994 e. The molecule has 1 aromatic rings. The molecule has 4 atom stereocenters. The fourth-order valence-electron chi connectivity index (χ4n) is 3.96. The van der Waals surface area contributed by atoms with Crippen molar-refractivity contribution in [2.24, 2.45) is 11.3 Å². The van der Waals surface area contributed by atoms with Crippen molar-refractivity contribution in [3.8, 4) is 12.1 Å². The minimum absolute atomic E-state index is 0.0880. The third kappa shape index (κ3) is 0.524. The molecule has 4 rings (SSSR count). The maximum absolute atomic E-state index is 9.27. The van der Waals surface area contributed by atoms with Crippen LogP contribution in [-0.4, -0.2) is 0 Å². The van der Waals surface area contributed by atoms with Gasteiger partial charge in [0.05, 0.1) is 23.1 Å². The predicted molar refractivity (Wildman–Crippen MR) is 52.8 cm³/mol. The molecule has 3 aliphatic carbocycles. The Labute approximate surface area is 87.8 Å². The van der Waals surface area contributed by atoms with E-state index in [-0.39, 0.29) is 5.41 Å². The molecule has 2 saturated carbocycles. The van der Waals surface area contributed by atoms with Gasteiger partial charge in [0.25, 0.3) is 0 Å². The van der Waals surface area contributed by atoms with Crippen molar-refractivity contribution >= 4 is 0 Å². The van der Waals surface area contributed by atoms with Crippen molar-refractivity contribution in [2.45, 2.75) is 18.3 Å². The second-order valence-corrected chi connectivity index (χ2v) is 4.84. The van der Waals surface area contributed by atoms with E-state index in [0.29, 0.717) is 17.8 Å². The van der Waals surface area contributed by atoms with E-state index in [1.165, 1.54) is 17.5 Å². The molecule has 0 aliphatic heterocycles. The number of nitrogens with zero attached hydrogens (tertiary/aromatic N) is 2. The summed E-state index contributed by atoms with van der Waals surface area (Å²) >= 11 is 0. The highest BCUT2D eigenvalue weighted by Crippen LogP contribution is 2.87. The molecular weight excluding hydrogens is 184 g/mol. The molecule has 3 aliphatic rings. The van der Waals surface area contributed by atoms with Crippen LogP contribution in [0.25, 0.3) is 0 Å². The molecule has 0 aromatic heterocycles. The molecule has 2 nitrogen and oxygen atoms in total. The fraction of sp³-hybridized carbons (Fsp3) is 0.385. The number of hydrogen-bond donors (Lipinski definition) is 0. The highest BCUT2D eigenvalue weighted by atomic mass is 14.8. The minimum Gasteiger partial charge on any atom is -0.198 e. The SMILES string of the molecule is N#Cc1cccc2c1[C@@H]1[C@H]3C[C@H]2[C@@]31C#N. The molecule has 70 valence electrons. The average molecular weight is 192 g/mol. The predicted octanol–water partition coefficient (Wildman–Crippen LogP) is 2.28. The van der Waals surface area contributed by atoms with Gasteiger partial charge in [-0.1, -0.05) is 12.1 Å². The number of hydrogen-bond acceptors (Lipinski definition) is 2. The Morgan fingerprint density at radius 3 is 2.93 bits per heavy atom. The van der Waals surface area contributed by atoms with Crippen LogP contribution >= 0.6 is 0 Å². The Morgan fingerprint density at radius 1 is 1.33 bits per heavy atom. The topological polar surface area (TPSA) is 47.6 Å². The van der Waals surface area contributed by atoms with E-state index in [1.54, 1.807) is 0 Å². The normalized spacial score (nSPS) is 41.9. The lowest BCUT2D eigenvalue weighted by atomic mass is 9.70. The van der Waals surface area contributed by atoms with Crippen molar-refractivity contribution in [1.82, 2.24) is 0 Å². The largest absolute Gasteiger partial charge is 0.198 e. The van der Waals surface area contributed by atoms with Gasteiger partial charge in [-0.2, -0.15) is 10.5 Å². The van der Waals surface area contributed by atoms with E-state index in [1.807, 2.05) is 12.1 Å². The fourth-order valence-corrected chi connectivity index (χ4v) is 3.96. The number of nitriles is 2. The smallest absolute Gasteiger partial charge is 0.0994 e. The number of rotatable bonds is 0. The lowest BCUT2D eigenvalue weighted by Gasteiger charge is -2.31. The van der Waals surface area contributed by atoms with Crippen LogP contribution in [0.3, 0.4) is 0 Å². The first kappa shape index (κ1) is 7.49. The Morgan fingerprint density at radius 2 is 2.20 bits per heavy atom. The summed E-state index contributed by atoms with van der Waals surface area (Å²) in [7, 11) is 0. The number of fused-ring (bicyclic) bond motifs is 4. The molecule has 0 saturated heterocycles. The summed E-state index contributed by atoms with van der Waals surface area (Å²) in [6.45, 7) is 0. The molecule has 0 spiro atoms. The Hall–Kier alpha value is -1.80. The van der Waals surface area contributed by atoms with Crippen molar-refractivity contribution in [2.75, 3.05) is 0 Å². The van der Waals surface area contributed by atoms with E-state index in [0.717, 1.165) is 5.56 Å². The summed E-state index contributed by atoms with van der Waals surface area (Å²) < 4.78 is 0. The monoisotopic (exact) mass is 192 g/mol. The van der Waals surface area contributed by atoms with Crippen molar-refractivity contribution < 1.29 is 0 Å². The van der Waals surface area contributed by atoms with Crippen LogP contribution in [0.4, 0.5) is 0 Å². The van der Waals surface area contributed by atoms with Gasteiger partial charge in [0.2, 0.25) is 0 Å². The molecule has 15 heavy (non-hydrogen) atoms. The van der Waals surface area contributed by atoms with Crippen LogP contribution in [0.15, 0.2) is 18.2 Å². The molecule has 0 bridgehead atoms. The number of benzene rings is 1. The van der Waals surface area contributed by atoms with E-state index in [2.05, 4.69) is 18.2 Å². The van der Waals surface area contributed by atoms with Gasteiger partial charge in [0.1, 0.15) is 0 Å². The van der Waals surface area contributed by atoms with Crippen molar-refractivity contribution in [3.63, 3.8) is 0 Å². The van der Waals surface area contributed by atoms with Gasteiger partial charge in [-0.05, 0) is 29.5 Å². The van der Waals surface area contributed by atoms with Crippen LogP contribution in [0.5, 0.6) is 0 Å². The van der Waals surface area contributed by atoms with Crippen LogP contribution in [-0.2, 0) is 0 Å². The summed E-state index contributed by atoms with van der Waals surface area (Å²) in [4.78, 5) is 0. The van der Waals surface area contributed by atoms with E-state index >= 15 is 0 Å². The van der Waals surface area contributed by atoms with E-state index in [9.17, 15) is 5.26 Å². The zero-order valence-corrected chi connectivity index (χ0v) is 8.07. The third-order valence-corrected chi connectivity index (χ3v) is 4.63. The van der Waals surface area contributed by atoms with Crippen molar-refractivity contribution in [1.29, 1.82) is 10.5 Å². The molecule has 2 fully saturated rings. The molecule has 1 aromatic carbocycles. The Bertz CT molecular complexity index is 575. The Balaban J connectivity index is 2.02. The molecule has 0 unspecified atom stereocenters. The second kappa shape index (κ2) is 1.92. The van der Waals surface area contributed by atoms with Crippen molar-refractivity contribution in [3.05, 3.63) is 34.9 Å². The standard InChI is InChI=1S/C13H8N2/c14-5-7-2-1-3-8-9-4-10-12(11(7)8)13(9,10)6-15/h1-3,9-10,12H,4H2/t9-,10-,12+,13+/m1/s1. The van der Waals surface area contributed by atoms with E-state index < -0.39 is 0 Å². The highest BCUT2D eigenvalue weighted by Gasteiger charge is 2.81. The molecule has 0 amide bonds. The van der Waals surface area contributed by atoms with Gasteiger partial charge in [-0.3, -0.25) is 0 Å². The molecule has 0 radical (unpaired) electrons. The summed E-state index contributed by atoms with van der Waals surface area (Å²) in [5.74, 6) is 1.38. The first-order valence-electron chi connectivity index (χ1n) is 5.28. The first-order chi connectivity index (χ1) is 7.34. The van der Waals surface area contributed by atoms with Gasteiger partial charge >= 0.3 is 0 Å². The summed E-state index contributed by atoms with van der Waals surface area (Å²) in [6.07, 6.45) is 1.17. The summed E-state index contributed by atoms with van der Waals surface area (Å²) in [5.41, 5.74) is 3.18. The third-order valence-electron chi connectivity index (χ3n) is 4.63. The highest BCUT2D eigenvalue weighted by molar-refractivity contribution is 5.64. The van der Waals surface area contributed by atoms with Crippen LogP contribution < -0.4 is 0 Å². The van der Waals surface area contributed by atoms with E-state index in [4.69, 9.17) is 5.26 Å². The van der Waals surface area contributed by atoms with Crippen LogP contribution in [0, 0.1) is 34.0 Å². The summed E-state index contributed by atoms with van der Waals surface area (Å²) in [6, 6.07) is 10.7. The first-order valence-corrected chi connectivity index (χ1v) is 5.28. The van der Waals surface area contributed by atoms with Gasteiger partial charge in [0.15, 0.2) is 0 Å². The molecule has 0 heterocycles. The van der Waals surface area contributed by atoms with Crippen LogP contribution in [0.1, 0.15) is 34.9 Å². The zero-order valence-electron chi connectivity index (χ0n) is 8.07. The second-order valence-electron chi connectivity index (χ2n) is 4.84. The minimum atomic E-state index is -0.0880. The van der Waals surface area contributed by atoms with Gasteiger partial charge in [-0.25, -0.2) is 0 Å². The van der Waals surface area contributed by atoms with Gasteiger partial charge in [0, 0.05) is 11.8 Å². The lowest BCUT2D eigenvalue weighted by Crippen LogP contribution is -2.24. The molecule has 2 heteroatoms. The quantitative estimate of drug-likeness (QED) is 0.633. The zero-order chi connectivity index (χ0) is 10.2. The van der Waals surface area contributed by atoms with Gasteiger partial charge < -0.3 is 0 Å². The van der Waals surface area contributed by atoms with Crippen LogP contribution in [0.2, 0.25) is 0 Å². The summed E-state index contributed by atoms with van der Waals surface area (Å²) in [5, 5.41) is 18.3. The van der Waals surface area contributed by atoms with Gasteiger partial charge in [-0.15, -0.1) is 0 Å².